The molecule has 1 aromatic carbocycles. The predicted molar refractivity (Wildman–Crippen MR) is 118 cm³/mol. The molecule has 0 radical (unpaired) electrons. The van der Waals surface area contributed by atoms with Crippen molar-refractivity contribution in [3.8, 4) is 0 Å². The maximum Gasteiger partial charge on any atom is 0.191 e. The van der Waals surface area contributed by atoms with Crippen molar-refractivity contribution in [3.05, 3.63) is 35.9 Å². The summed E-state index contributed by atoms with van der Waals surface area (Å²) in [5.74, 6) is 0.737. The first kappa shape index (κ1) is 25.1. The van der Waals surface area contributed by atoms with E-state index in [1.807, 2.05) is 18.2 Å². The van der Waals surface area contributed by atoms with Gasteiger partial charge in [-0.1, -0.05) is 43.7 Å². The molecule has 0 heterocycles. The van der Waals surface area contributed by atoms with Gasteiger partial charge in [-0.2, -0.15) is 0 Å². The second-order valence-corrected chi connectivity index (χ2v) is 5.59. The summed E-state index contributed by atoms with van der Waals surface area (Å²) in [5, 5.41) is 6.51. The minimum absolute atomic E-state index is 0. The zero-order valence-corrected chi connectivity index (χ0v) is 18.5. The average molecular weight is 479 g/mol. The number of hydrogen-bond acceptors (Lipinski definition) is 4. The van der Waals surface area contributed by atoms with E-state index in [4.69, 9.17) is 14.2 Å². The molecule has 6 nitrogen and oxygen atoms in total. The number of unbranched alkanes of at least 4 members (excludes halogenated alkanes) is 1. The molecule has 150 valence electrons. The van der Waals surface area contributed by atoms with Crippen LogP contribution >= 0.6 is 24.0 Å². The molecular weight excluding hydrogens is 445 g/mol. The number of guanidine groups is 1. The Bertz CT molecular complexity index is 461. The quantitative estimate of drug-likeness (QED) is 0.197. The van der Waals surface area contributed by atoms with Crippen molar-refractivity contribution in [2.24, 2.45) is 4.99 Å². The van der Waals surface area contributed by atoms with Gasteiger partial charge in [0.2, 0.25) is 0 Å². The van der Waals surface area contributed by atoms with E-state index < -0.39 is 0 Å². The van der Waals surface area contributed by atoms with E-state index in [-0.39, 0.29) is 30.1 Å². The Morgan fingerprint density at radius 1 is 1.04 bits per heavy atom. The smallest absolute Gasteiger partial charge is 0.191 e. The van der Waals surface area contributed by atoms with Gasteiger partial charge in [-0.3, -0.25) is 4.99 Å². The molecule has 0 aliphatic heterocycles. The summed E-state index contributed by atoms with van der Waals surface area (Å²) < 4.78 is 16.5. The molecule has 1 atom stereocenters. The summed E-state index contributed by atoms with van der Waals surface area (Å²) in [6.07, 6.45) is 2.25. The van der Waals surface area contributed by atoms with Gasteiger partial charge in [0.1, 0.15) is 0 Å². The van der Waals surface area contributed by atoms with E-state index >= 15 is 0 Å². The lowest BCUT2D eigenvalue weighted by molar-refractivity contribution is 0.0487. The molecule has 0 saturated heterocycles. The minimum Gasteiger partial charge on any atom is -0.379 e. The largest absolute Gasteiger partial charge is 0.379 e. The average Bonchev–Trinajstić information content (AvgIpc) is 2.66. The van der Waals surface area contributed by atoms with E-state index in [9.17, 15) is 0 Å². The monoisotopic (exact) mass is 479 g/mol. The van der Waals surface area contributed by atoms with Gasteiger partial charge < -0.3 is 24.8 Å². The van der Waals surface area contributed by atoms with Crippen LogP contribution in [0.15, 0.2) is 35.3 Å². The highest BCUT2D eigenvalue weighted by Gasteiger charge is 2.10. The van der Waals surface area contributed by atoms with Crippen molar-refractivity contribution in [1.29, 1.82) is 0 Å². The Balaban J connectivity index is 0.00000625. The first-order valence-electron chi connectivity index (χ1n) is 8.99. The summed E-state index contributed by atoms with van der Waals surface area (Å²) in [5.41, 5.74) is 1.14. The number of nitrogens with one attached hydrogen (secondary N) is 2. The van der Waals surface area contributed by atoms with Crippen LogP contribution in [0.4, 0.5) is 0 Å². The first-order chi connectivity index (χ1) is 12.3. The first-order valence-corrected chi connectivity index (χ1v) is 8.99. The lowest BCUT2D eigenvalue weighted by atomic mass is 10.1. The van der Waals surface area contributed by atoms with Crippen LogP contribution in [-0.4, -0.2) is 59.6 Å². The van der Waals surface area contributed by atoms with Gasteiger partial charge in [0, 0.05) is 33.9 Å². The van der Waals surface area contributed by atoms with Gasteiger partial charge in [-0.15, -0.1) is 24.0 Å². The molecule has 1 aromatic rings. The van der Waals surface area contributed by atoms with Crippen molar-refractivity contribution in [2.45, 2.75) is 25.9 Å². The molecule has 0 bridgehead atoms. The molecule has 0 amide bonds. The van der Waals surface area contributed by atoms with Crippen LogP contribution < -0.4 is 10.6 Å². The number of ether oxygens (including phenoxy) is 3. The van der Waals surface area contributed by atoms with Gasteiger partial charge in [-0.05, 0) is 12.0 Å². The molecule has 2 N–H and O–H groups in total. The molecule has 0 aliphatic carbocycles. The van der Waals surface area contributed by atoms with Gasteiger partial charge in [0.05, 0.1) is 25.9 Å². The van der Waals surface area contributed by atoms with Crippen molar-refractivity contribution >= 4 is 29.9 Å². The molecular formula is C19H34IN3O3. The third kappa shape index (κ3) is 11.7. The van der Waals surface area contributed by atoms with Crippen molar-refractivity contribution in [1.82, 2.24) is 10.6 Å². The molecule has 0 aliphatic rings. The minimum atomic E-state index is -0.0173. The number of aliphatic imine (C=N–C) groups is 1. The van der Waals surface area contributed by atoms with Crippen LogP contribution in [0.3, 0.4) is 0 Å². The summed E-state index contributed by atoms with van der Waals surface area (Å²) in [7, 11) is 3.47. The maximum atomic E-state index is 5.55. The number of nitrogens with zero attached hydrogens (tertiary/aromatic N) is 1. The van der Waals surface area contributed by atoms with Crippen LogP contribution in [0.1, 0.15) is 31.4 Å². The molecule has 0 aromatic heterocycles. The summed E-state index contributed by atoms with van der Waals surface area (Å²) in [6, 6.07) is 10.1. The van der Waals surface area contributed by atoms with Crippen molar-refractivity contribution in [2.75, 3.05) is 53.7 Å². The van der Waals surface area contributed by atoms with Crippen LogP contribution in [0.2, 0.25) is 0 Å². The number of rotatable bonds is 13. The maximum absolute atomic E-state index is 5.55. The van der Waals surface area contributed by atoms with Crippen molar-refractivity contribution in [3.63, 3.8) is 0 Å². The Kier molecular flexibility index (Phi) is 16.9. The SMILES string of the molecule is CCCCOCCOCCNC(=NC)NCC(OC)c1ccccc1.I. The van der Waals surface area contributed by atoms with Crippen LogP contribution in [-0.2, 0) is 14.2 Å². The van der Waals surface area contributed by atoms with Crippen LogP contribution in [0.5, 0.6) is 0 Å². The topological polar surface area (TPSA) is 64.1 Å². The molecule has 0 spiro atoms. The van der Waals surface area contributed by atoms with Gasteiger partial charge in [0.15, 0.2) is 5.96 Å². The van der Waals surface area contributed by atoms with E-state index in [1.54, 1.807) is 14.2 Å². The van der Waals surface area contributed by atoms with Crippen LogP contribution in [0.25, 0.3) is 0 Å². The zero-order valence-electron chi connectivity index (χ0n) is 16.2. The van der Waals surface area contributed by atoms with Crippen LogP contribution in [0, 0.1) is 0 Å². The lowest BCUT2D eigenvalue weighted by Gasteiger charge is -2.18. The molecule has 1 unspecified atom stereocenters. The Hall–Kier alpha value is -0.900. The summed E-state index contributed by atoms with van der Waals surface area (Å²) >= 11 is 0. The molecule has 0 fully saturated rings. The Morgan fingerprint density at radius 2 is 1.73 bits per heavy atom. The van der Waals surface area contributed by atoms with Gasteiger partial charge in [0.25, 0.3) is 0 Å². The van der Waals surface area contributed by atoms with Gasteiger partial charge >= 0.3 is 0 Å². The third-order valence-electron chi connectivity index (χ3n) is 3.69. The molecule has 26 heavy (non-hydrogen) atoms. The number of methoxy groups -OCH3 is 1. The molecule has 7 heteroatoms. The van der Waals surface area contributed by atoms with E-state index in [2.05, 4.69) is 34.7 Å². The summed E-state index contributed by atoms with van der Waals surface area (Å²) in [6.45, 7) is 6.20. The number of hydrogen-bond donors (Lipinski definition) is 2. The van der Waals surface area contributed by atoms with Gasteiger partial charge in [-0.25, -0.2) is 0 Å². The number of benzene rings is 1. The normalized spacial score (nSPS) is 12.3. The van der Waals surface area contributed by atoms with E-state index in [1.165, 1.54) is 0 Å². The van der Waals surface area contributed by atoms with E-state index in [0.717, 1.165) is 31.0 Å². The Morgan fingerprint density at radius 3 is 2.35 bits per heavy atom. The zero-order chi connectivity index (χ0) is 18.2. The highest BCUT2D eigenvalue weighted by Crippen LogP contribution is 2.14. The highest BCUT2D eigenvalue weighted by molar-refractivity contribution is 14.0. The fourth-order valence-corrected chi connectivity index (χ4v) is 2.22. The predicted octanol–water partition coefficient (Wildman–Crippen LogP) is 2.99. The van der Waals surface area contributed by atoms with E-state index in [0.29, 0.717) is 32.9 Å². The standard InChI is InChI=1S/C19H33N3O3.HI/c1-4-5-12-24-14-15-25-13-11-21-19(20-2)22-16-18(23-3)17-9-7-6-8-10-17;/h6-10,18H,4-5,11-16H2,1-3H3,(H2,20,21,22);1H. The fourth-order valence-electron chi connectivity index (χ4n) is 2.22. The van der Waals surface area contributed by atoms with Crippen molar-refractivity contribution < 1.29 is 14.2 Å². The lowest BCUT2D eigenvalue weighted by Crippen LogP contribution is -2.41. The summed E-state index contributed by atoms with van der Waals surface area (Å²) in [4.78, 5) is 4.21. The fraction of sp³-hybridized carbons (Fsp3) is 0.632. The second kappa shape index (κ2) is 17.5. The third-order valence-corrected chi connectivity index (χ3v) is 3.69. The Labute approximate surface area is 175 Å². The second-order valence-electron chi connectivity index (χ2n) is 5.59. The highest BCUT2D eigenvalue weighted by atomic mass is 127. The molecule has 1 rings (SSSR count). The number of halogens is 1. The molecule has 0 saturated carbocycles.